The van der Waals surface area contributed by atoms with Gasteiger partial charge in [-0.15, -0.1) is 0 Å². The molecule has 1 heterocycles. The summed E-state index contributed by atoms with van der Waals surface area (Å²) < 4.78 is 34.1. The lowest BCUT2D eigenvalue weighted by Gasteiger charge is -2.16. The standard InChI is InChI=1S/C13H17F2N3O2/c1-19-10-4-3-9(7-11(10)20-12(14)15)8-18-13-16-5-2-6-17-13/h3-4,7,12H,2,5-6,8H2,1H3,(H2,16,17,18). The van der Waals surface area contributed by atoms with E-state index in [9.17, 15) is 8.78 Å². The smallest absolute Gasteiger partial charge is 0.387 e. The summed E-state index contributed by atoms with van der Waals surface area (Å²) in [6.45, 7) is -0.738. The molecule has 1 aliphatic heterocycles. The van der Waals surface area contributed by atoms with Crippen LogP contribution >= 0.6 is 0 Å². The molecule has 5 nitrogen and oxygen atoms in total. The Labute approximate surface area is 116 Å². The molecule has 110 valence electrons. The molecule has 0 saturated heterocycles. The Morgan fingerprint density at radius 2 is 2.25 bits per heavy atom. The fourth-order valence-corrected chi connectivity index (χ4v) is 1.86. The fourth-order valence-electron chi connectivity index (χ4n) is 1.86. The molecule has 1 aliphatic rings. The van der Waals surface area contributed by atoms with Gasteiger partial charge < -0.3 is 20.1 Å². The number of hydrogen-bond acceptors (Lipinski definition) is 5. The van der Waals surface area contributed by atoms with Crippen LogP contribution in [0.2, 0.25) is 0 Å². The largest absolute Gasteiger partial charge is 0.493 e. The molecule has 1 aromatic carbocycles. The highest BCUT2D eigenvalue weighted by molar-refractivity contribution is 5.80. The van der Waals surface area contributed by atoms with E-state index < -0.39 is 6.61 Å². The summed E-state index contributed by atoms with van der Waals surface area (Å²) in [6, 6.07) is 4.92. The van der Waals surface area contributed by atoms with Gasteiger partial charge in [0.15, 0.2) is 17.5 Å². The molecule has 0 amide bonds. The molecule has 2 rings (SSSR count). The maximum atomic E-state index is 12.3. The van der Waals surface area contributed by atoms with Gasteiger partial charge in [-0.05, 0) is 24.1 Å². The van der Waals surface area contributed by atoms with Crippen LogP contribution in [0.5, 0.6) is 11.5 Å². The van der Waals surface area contributed by atoms with Crippen molar-refractivity contribution in [1.82, 2.24) is 10.6 Å². The molecule has 2 N–H and O–H groups in total. The summed E-state index contributed by atoms with van der Waals surface area (Å²) in [6.07, 6.45) is 1.01. The molecule has 0 bridgehead atoms. The molecule has 1 aromatic rings. The summed E-state index contributed by atoms with van der Waals surface area (Å²) in [7, 11) is 1.41. The van der Waals surface area contributed by atoms with Crippen LogP contribution in [0.4, 0.5) is 8.78 Å². The molecule has 0 aliphatic carbocycles. The SMILES string of the molecule is COc1ccc(CNC2=NCCCN2)cc1OC(F)F. The molecule has 0 radical (unpaired) electrons. The number of alkyl halides is 2. The maximum absolute atomic E-state index is 12.3. The Balaban J connectivity index is 2.02. The van der Waals surface area contributed by atoms with Gasteiger partial charge in [0.2, 0.25) is 0 Å². The van der Waals surface area contributed by atoms with E-state index in [1.165, 1.54) is 13.2 Å². The van der Waals surface area contributed by atoms with Crippen molar-refractivity contribution >= 4 is 5.96 Å². The van der Waals surface area contributed by atoms with E-state index in [4.69, 9.17) is 4.74 Å². The zero-order valence-corrected chi connectivity index (χ0v) is 11.2. The Kier molecular flexibility index (Phi) is 4.97. The third-order valence-electron chi connectivity index (χ3n) is 2.80. The topological polar surface area (TPSA) is 54.9 Å². The molecule has 0 aromatic heterocycles. The van der Waals surface area contributed by atoms with E-state index in [1.807, 2.05) is 0 Å². The lowest BCUT2D eigenvalue weighted by Crippen LogP contribution is -2.40. The Bertz CT molecular complexity index is 481. The normalized spacial score (nSPS) is 14.5. The Hall–Kier alpha value is -2.05. The van der Waals surface area contributed by atoms with Gasteiger partial charge in [0, 0.05) is 19.6 Å². The van der Waals surface area contributed by atoms with E-state index in [0.717, 1.165) is 31.0 Å². The lowest BCUT2D eigenvalue weighted by atomic mass is 10.2. The van der Waals surface area contributed by atoms with Crippen molar-refractivity contribution in [2.24, 2.45) is 4.99 Å². The van der Waals surface area contributed by atoms with Gasteiger partial charge in [-0.25, -0.2) is 0 Å². The first-order chi connectivity index (χ1) is 9.69. The highest BCUT2D eigenvalue weighted by atomic mass is 19.3. The molecule has 20 heavy (non-hydrogen) atoms. The van der Waals surface area contributed by atoms with Crippen molar-refractivity contribution in [3.63, 3.8) is 0 Å². The average molecular weight is 285 g/mol. The van der Waals surface area contributed by atoms with Crippen LogP contribution < -0.4 is 20.1 Å². The predicted molar refractivity (Wildman–Crippen MR) is 71.4 cm³/mol. The van der Waals surface area contributed by atoms with Gasteiger partial charge in [0.1, 0.15) is 0 Å². The van der Waals surface area contributed by atoms with Gasteiger partial charge in [-0.3, -0.25) is 4.99 Å². The Morgan fingerprint density at radius 3 is 2.90 bits per heavy atom. The number of hydrogen-bond donors (Lipinski definition) is 2. The van der Waals surface area contributed by atoms with Gasteiger partial charge in [-0.1, -0.05) is 6.07 Å². The van der Waals surface area contributed by atoms with E-state index in [0.29, 0.717) is 6.54 Å². The van der Waals surface area contributed by atoms with E-state index >= 15 is 0 Å². The van der Waals surface area contributed by atoms with Crippen molar-refractivity contribution in [1.29, 1.82) is 0 Å². The minimum absolute atomic E-state index is 0.0281. The highest BCUT2D eigenvalue weighted by Crippen LogP contribution is 2.29. The molecule has 0 unspecified atom stereocenters. The maximum Gasteiger partial charge on any atom is 0.387 e. The van der Waals surface area contributed by atoms with E-state index in [1.54, 1.807) is 12.1 Å². The molecular formula is C13H17F2N3O2. The number of nitrogens with zero attached hydrogens (tertiary/aromatic N) is 1. The van der Waals surface area contributed by atoms with E-state index in [-0.39, 0.29) is 11.5 Å². The zero-order valence-electron chi connectivity index (χ0n) is 11.2. The fraction of sp³-hybridized carbons (Fsp3) is 0.462. The van der Waals surface area contributed by atoms with Crippen LogP contribution in [0.3, 0.4) is 0 Å². The molecule has 0 fully saturated rings. The minimum atomic E-state index is -2.88. The number of ether oxygens (including phenoxy) is 2. The average Bonchev–Trinajstić information content (AvgIpc) is 2.46. The van der Waals surface area contributed by atoms with Gasteiger partial charge >= 0.3 is 6.61 Å². The summed E-state index contributed by atoms with van der Waals surface area (Å²) in [4.78, 5) is 4.27. The van der Waals surface area contributed by atoms with Crippen molar-refractivity contribution in [3.05, 3.63) is 23.8 Å². The lowest BCUT2D eigenvalue weighted by molar-refractivity contribution is -0.0512. The van der Waals surface area contributed by atoms with Crippen molar-refractivity contribution < 1.29 is 18.3 Å². The first-order valence-corrected chi connectivity index (χ1v) is 6.33. The number of methoxy groups -OCH3 is 1. The predicted octanol–water partition coefficient (Wildman–Crippen LogP) is 1.74. The first kappa shape index (κ1) is 14.4. The molecular weight excluding hydrogens is 268 g/mol. The van der Waals surface area contributed by atoms with Crippen LogP contribution in [0.15, 0.2) is 23.2 Å². The van der Waals surface area contributed by atoms with Crippen molar-refractivity contribution in [3.8, 4) is 11.5 Å². The third-order valence-corrected chi connectivity index (χ3v) is 2.80. The summed E-state index contributed by atoms with van der Waals surface area (Å²) >= 11 is 0. The quantitative estimate of drug-likeness (QED) is 0.865. The second-order valence-corrected chi connectivity index (χ2v) is 4.23. The van der Waals surface area contributed by atoms with E-state index in [2.05, 4.69) is 20.4 Å². The monoisotopic (exact) mass is 285 g/mol. The van der Waals surface area contributed by atoms with Crippen LogP contribution in [0.25, 0.3) is 0 Å². The Morgan fingerprint density at radius 1 is 1.40 bits per heavy atom. The second kappa shape index (κ2) is 6.93. The number of guanidine groups is 1. The van der Waals surface area contributed by atoms with Crippen LogP contribution in [-0.2, 0) is 6.54 Å². The van der Waals surface area contributed by atoms with Gasteiger partial charge in [0.05, 0.1) is 7.11 Å². The van der Waals surface area contributed by atoms with Gasteiger partial charge in [-0.2, -0.15) is 8.78 Å². The van der Waals surface area contributed by atoms with Crippen molar-refractivity contribution in [2.75, 3.05) is 20.2 Å². The molecule has 0 atom stereocenters. The zero-order chi connectivity index (χ0) is 14.4. The van der Waals surface area contributed by atoms with Crippen LogP contribution in [0.1, 0.15) is 12.0 Å². The first-order valence-electron chi connectivity index (χ1n) is 6.33. The molecule has 0 saturated carbocycles. The second-order valence-electron chi connectivity index (χ2n) is 4.23. The summed E-state index contributed by atoms with van der Waals surface area (Å²) in [5.41, 5.74) is 0.802. The number of rotatable bonds is 5. The number of nitrogens with one attached hydrogen (secondary N) is 2. The number of benzene rings is 1. The highest BCUT2D eigenvalue weighted by Gasteiger charge is 2.11. The molecule has 7 heteroatoms. The number of aliphatic imine (C=N–C) groups is 1. The van der Waals surface area contributed by atoms with Crippen molar-refractivity contribution in [2.45, 2.75) is 19.6 Å². The molecule has 0 spiro atoms. The minimum Gasteiger partial charge on any atom is -0.493 e. The van der Waals surface area contributed by atoms with Gasteiger partial charge in [0.25, 0.3) is 0 Å². The third kappa shape index (κ3) is 3.97. The summed E-state index contributed by atoms with van der Waals surface area (Å²) in [5, 5.41) is 6.23. The van der Waals surface area contributed by atoms with Crippen LogP contribution in [0, 0.1) is 0 Å². The number of halogens is 2. The van der Waals surface area contributed by atoms with Crippen LogP contribution in [-0.4, -0.2) is 32.8 Å². The summed E-state index contributed by atoms with van der Waals surface area (Å²) in [5.74, 6) is 1.03.